The second-order valence-corrected chi connectivity index (χ2v) is 9.76. The van der Waals surface area contributed by atoms with Gasteiger partial charge in [-0.15, -0.1) is 11.3 Å². The summed E-state index contributed by atoms with van der Waals surface area (Å²) in [4.78, 5) is 24.5. The molecule has 2 aromatic rings. The normalized spacial score (nSPS) is 17.9. The fourth-order valence-electron chi connectivity index (χ4n) is 3.15. The van der Waals surface area contributed by atoms with E-state index < -0.39 is 21.9 Å². The molecular weight excluding hydrogens is 400 g/mol. The van der Waals surface area contributed by atoms with Crippen molar-refractivity contribution in [1.29, 1.82) is 0 Å². The average Bonchev–Trinajstić information content (AvgIpc) is 3.25. The van der Waals surface area contributed by atoms with Crippen molar-refractivity contribution in [3.05, 3.63) is 46.8 Å². The first-order valence-electron chi connectivity index (χ1n) is 8.86. The molecule has 0 saturated carbocycles. The molecule has 1 atom stereocenters. The van der Waals surface area contributed by atoms with E-state index in [1.165, 1.54) is 22.8 Å². The molecule has 0 aliphatic carbocycles. The number of piperidine rings is 1. The molecule has 0 spiro atoms. The van der Waals surface area contributed by atoms with Crippen molar-refractivity contribution >= 4 is 38.9 Å². The Balaban J connectivity index is 1.74. The molecule has 28 heavy (non-hydrogen) atoms. The van der Waals surface area contributed by atoms with Gasteiger partial charge in [-0.1, -0.05) is 12.1 Å². The molecule has 0 bridgehead atoms. The number of aryl methyl sites for hydroxylation is 1. The minimum atomic E-state index is -3.58. The van der Waals surface area contributed by atoms with E-state index in [9.17, 15) is 18.0 Å². The summed E-state index contributed by atoms with van der Waals surface area (Å²) in [6.07, 6.45) is 1.22. The fourth-order valence-corrected chi connectivity index (χ4v) is 5.82. The summed E-state index contributed by atoms with van der Waals surface area (Å²) in [5.74, 6) is -1.19. The molecule has 150 valence electrons. The Labute approximate surface area is 168 Å². The first-order chi connectivity index (χ1) is 13.3. The molecule has 1 aromatic heterocycles. The number of hydrogen-bond donors (Lipinski definition) is 1. The molecule has 1 N–H and O–H groups in total. The van der Waals surface area contributed by atoms with E-state index in [0.29, 0.717) is 30.6 Å². The smallest absolute Gasteiger partial charge is 0.337 e. The van der Waals surface area contributed by atoms with Gasteiger partial charge in [-0.25, -0.2) is 13.2 Å². The number of rotatable bonds is 5. The number of benzene rings is 1. The number of ether oxygens (including phenoxy) is 1. The van der Waals surface area contributed by atoms with E-state index in [4.69, 9.17) is 4.74 Å². The first-order valence-corrected chi connectivity index (χ1v) is 11.2. The quantitative estimate of drug-likeness (QED) is 0.748. The van der Waals surface area contributed by atoms with Crippen molar-refractivity contribution < 1.29 is 22.7 Å². The Morgan fingerprint density at radius 1 is 1.29 bits per heavy atom. The minimum Gasteiger partial charge on any atom is -0.465 e. The van der Waals surface area contributed by atoms with Gasteiger partial charge in [0, 0.05) is 18.8 Å². The maximum atomic E-state index is 12.8. The molecule has 1 amide bonds. The molecule has 1 aliphatic heterocycles. The highest BCUT2D eigenvalue weighted by Crippen LogP contribution is 2.27. The maximum Gasteiger partial charge on any atom is 0.337 e. The molecule has 0 radical (unpaired) electrons. The number of sulfonamides is 1. The van der Waals surface area contributed by atoms with Crippen LogP contribution >= 0.6 is 11.3 Å². The highest BCUT2D eigenvalue weighted by atomic mass is 32.2. The Morgan fingerprint density at radius 3 is 2.75 bits per heavy atom. The third kappa shape index (κ3) is 4.26. The second kappa shape index (κ2) is 8.42. The van der Waals surface area contributed by atoms with E-state index in [1.54, 1.807) is 35.7 Å². The minimum absolute atomic E-state index is 0.141. The van der Waals surface area contributed by atoms with Crippen LogP contribution in [0.1, 0.15) is 28.8 Å². The third-order valence-corrected chi connectivity index (χ3v) is 8.00. The molecule has 1 fully saturated rings. The van der Waals surface area contributed by atoms with Gasteiger partial charge in [-0.2, -0.15) is 4.31 Å². The largest absolute Gasteiger partial charge is 0.465 e. The zero-order valence-corrected chi connectivity index (χ0v) is 17.3. The van der Waals surface area contributed by atoms with E-state index in [-0.39, 0.29) is 16.7 Å². The highest BCUT2D eigenvalue weighted by Gasteiger charge is 2.34. The summed E-state index contributed by atoms with van der Waals surface area (Å²) in [7, 11) is -2.28. The second-order valence-electron chi connectivity index (χ2n) is 6.64. The number of hydrogen-bond acceptors (Lipinski definition) is 6. The summed E-state index contributed by atoms with van der Waals surface area (Å²) in [6, 6.07) is 8.21. The number of nitrogens with zero attached hydrogens (tertiary/aromatic N) is 1. The van der Waals surface area contributed by atoms with Gasteiger partial charge in [-0.05, 0) is 48.9 Å². The summed E-state index contributed by atoms with van der Waals surface area (Å²) >= 11 is 1.17. The Bertz CT molecular complexity index is 970. The number of carbonyl (C=O) groups excluding carboxylic acids is 2. The number of carbonyl (C=O) groups is 2. The molecule has 7 nitrogen and oxygen atoms in total. The van der Waals surface area contributed by atoms with Gasteiger partial charge >= 0.3 is 5.97 Å². The molecule has 3 rings (SSSR count). The summed E-state index contributed by atoms with van der Waals surface area (Å²) < 4.78 is 31.9. The summed E-state index contributed by atoms with van der Waals surface area (Å²) in [5, 5.41) is 4.56. The predicted octanol–water partition coefficient (Wildman–Crippen LogP) is 2.88. The zero-order chi connectivity index (χ0) is 20.3. The van der Waals surface area contributed by atoms with Crippen LogP contribution in [0.15, 0.2) is 39.9 Å². The SMILES string of the molecule is COC(=O)c1ccc(C)c(NC(=O)[C@H]2CCCN(S(=O)(=O)c3cccs3)C2)c1. The van der Waals surface area contributed by atoms with Gasteiger partial charge < -0.3 is 10.1 Å². The van der Waals surface area contributed by atoms with E-state index in [2.05, 4.69) is 5.32 Å². The van der Waals surface area contributed by atoms with E-state index in [0.717, 1.165) is 5.56 Å². The lowest BCUT2D eigenvalue weighted by molar-refractivity contribution is -0.120. The average molecular weight is 423 g/mol. The Morgan fingerprint density at radius 2 is 2.07 bits per heavy atom. The Hall–Kier alpha value is -2.23. The van der Waals surface area contributed by atoms with Crippen LogP contribution < -0.4 is 5.32 Å². The predicted molar refractivity (Wildman–Crippen MR) is 107 cm³/mol. The van der Waals surface area contributed by atoms with E-state index >= 15 is 0 Å². The number of anilines is 1. The zero-order valence-electron chi connectivity index (χ0n) is 15.7. The van der Waals surface area contributed by atoms with Gasteiger partial charge in [0.2, 0.25) is 5.91 Å². The molecule has 2 heterocycles. The van der Waals surface area contributed by atoms with Crippen LogP contribution in [0, 0.1) is 12.8 Å². The third-order valence-electron chi connectivity index (χ3n) is 4.76. The molecule has 1 aromatic carbocycles. The summed E-state index contributed by atoms with van der Waals surface area (Å²) in [5.41, 5.74) is 1.67. The molecule has 9 heteroatoms. The molecular formula is C19H22N2O5S2. The molecule has 1 aliphatic rings. The first kappa shape index (κ1) is 20.5. The topological polar surface area (TPSA) is 92.8 Å². The van der Waals surface area contributed by atoms with Crippen LogP contribution in [0.25, 0.3) is 0 Å². The maximum absolute atomic E-state index is 12.8. The number of thiophene rings is 1. The van der Waals surface area contributed by atoms with Crippen molar-refractivity contribution in [2.24, 2.45) is 5.92 Å². The molecule has 0 unspecified atom stereocenters. The van der Waals surface area contributed by atoms with Crippen molar-refractivity contribution in [3.63, 3.8) is 0 Å². The van der Waals surface area contributed by atoms with Crippen molar-refractivity contribution in [2.75, 3.05) is 25.5 Å². The van der Waals surface area contributed by atoms with Crippen LogP contribution in [-0.2, 0) is 19.6 Å². The number of nitrogens with one attached hydrogen (secondary N) is 1. The van der Waals surface area contributed by atoms with Gasteiger partial charge in [0.05, 0.1) is 18.6 Å². The van der Waals surface area contributed by atoms with Crippen molar-refractivity contribution in [3.8, 4) is 0 Å². The lowest BCUT2D eigenvalue weighted by atomic mass is 9.98. The summed E-state index contributed by atoms with van der Waals surface area (Å²) in [6.45, 7) is 2.37. The highest BCUT2D eigenvalue weighted by molar-refractivity contribution is 7.91. The number of methoxy groups -OCH3 is 1. The fraction of sp³-hybridized carbons (Fsp3) is 0.368. The van der Waals surface area contributed by atoms with Gasteiger partial charge in [0.25, 0.3) is 10.0 Å². The van der Waals surface area contributed by atoms with Crippen LogP contribution in [-0.4, -0.2) is 44.8 Å². The van der Waals surface area contributed by atoms with E-state index in [1.807, 2.05) is 6.92 Å². The van der Waals surface area contributed by atoms with Crippen LogP contribution in [0.2, 0.25) is 0 Å². The van der Waals surface area contributed by atoms with Crippen LogP contribution in [0.5, 0.6) is 0 Å². The van der Waals surface area contributed by atoms with Gasteiger partial charge in [0.1, 0.15) is 4.21 Å². The Kier molecular flexibility index (Phi) is 6.17. The van der Waals surface area contributed by atoms with Crippen LogP contribution in [0.4, 0.5) is 5.69 Å². The van der Waals surface area contributed by atoms with Crippen LogP contribution in [0.3, 0.4) is 0 Å². The standard InChI is InChI=1S/C19H22N2O5S2/c1-13-7-8-14(19(23)26-2)11-16(13)20-18(22)15-5-3-9-21(12-15)28(24,25)17-6-4-10-27-17/h4,6-8,10-11,15H,3,5,9,12H2,1-2H3,(H,20,22)/t15-/m0/s1. The van der Waals surface area contributed by atoms with Gasteiger partial charge in [0.15, 0.2) is 0 Å². The lowest BCUT2D eigenvalue weighted by Gasteiger charge is -2.31. The van der Waals surface area contributed by atoms with Gasteiger partial charge in [-0.3, -0.25) is 4.79 Å². The lowest BCUT2D eigenvalue weighted by Crippen LogP contribution is -2.43. The number of amides is 1. The van der Waals surface area contributed by atoms with Crippen molar-refractivity contribution in [2.45, 2.75) is 24.0 Å². The number of esters is 1. The molecule has 1 saturated heterocycles. The monoisotopic (exact) mass is 422 g/mol. The van der Waals surface area contributed by atoms with Crippen molar-refractivity contribution in [1.82, 2.24) is 4.31 Å².